The molecule has 0 bridgehead atoms. The third kappa shape index (κ3) is 7.14. The van der Waals surface area contributed by atoms with Gasteiger partial charge in [-0.1, -0.05) is 53.7 Å². The fraction of sp³-hybridized carbons (Fsp3) is 0.368. The Bertz CT molecular complexity index is 1220. The number of carbonyl (C=O) groups is 4. The maximum atomic E-state index is 13.0. The molecule has 1 fully saturated rings. The van der Waals surface area contributed by atoms with Crippen LogP contribution in [0, 0.1) is 16.0 Å². The number of β-lactam (4-membered cyclic amide) rings is 1. The number of carboxylic acids is 1. The number of para-hydroxylation sites is 1. The number of hydrogen-bond acceptors (Lipinski definition) is 11. The number of amides is 1. The molecule has 1 aliphatic rings. The van der Waals surface area contributed by atoms with E-state index in [1.165, 1.54) is 26.0 Å². The minimum absolute atomic E-state index is 0. The van der Waals surface area contributed by atoms with Gasteiger partial charge in [0.1, 0.15) is 22.9 Å². The number of nitro groups is 1. The molecule has 1 aromatic carbocycles. The van der Waals surface area contributed by atoms with Crippen LogP contribution < -0.4 is 39.4 Å². The van der Waals surface area contributed by atoms with E-state index in [4.69, 9.17) is 4.74 Å². The van der Waals surface area contributed by atoms with Gasteiger partial charge in [0.15, 0.2) is 10.0 Å². The Morgan fingerprint density at radius 2 is 1.86 bits per heavy atom. The van der Waals surface area contributed by atoms with Crippen LogP contribution in [-0.2, 0) is 33.9 Å². The molecule has 1 aliphatic heterocycles. The number of esters is 1. The Balaban J connectivity index is 0.00000648. The Kier molecular flexibility index (Phi) is 11.7. The molecule has 36 heavy (non-hydrogen) atoms. The monoisotopic (exact) mass is 615 g/mol. The molecular formula is C19H19BrN3NaO10S2. The smallest absolute Gasteiger partial charge is 0.543 e. The number of aliphatic carboxylic acids is 1. The van der Waals surface area contributed by atoms with Gasteiger partial charge in [0.2, 0.25) is 15.9 Å². The number of benzene rings is 1. The number of hydrogen-bond donors (Lipinski definition) is 1. The first-order valence-electron chi connectivity index (χ1n) is 9.71. The number of alkyl halides is 1. The van der Waals surface area contributed by atoms with E-state index in [2.05, 4.69) is 15.9 Å². The number of nitro benzene ring substituents is 1. The minimum Gasteiger partial charge on any atom is -0.543 e. The second-order valence-electron chi connectivity index (χ2n) is 7.30. The van der Waals surface area contributed by atoms with Gasteiger partial charge in [0.25, 0.3) is 5.69 Å². The molecular weight excluding hydrogens is 597 g/mol. The Morgan fingerprint density at radius 3 is 2.33 bits per heavy atom. The largest absolute Gasteiger partial charge is 1.00 e. The second-order valence-corrected chi connectivity index (χ2v) is 10.7. The Morgan fingerprint density at radius 1 is 1.28 bits per heavy atom. The van der Waals surface area contributed by atoms with E-state index in [1.807, 2.05) is 4.72 Å². The normalized spacial score (nSPS) is 18.0. The zero-order valence-corrected chi connectivity index (χ0v) is 24.6. The predicted molar refractivity (Wildman–Crippen MR) is 123 cm³/mol. The minimum atomic E-state index is -4.67. The van der Waals surface area contributed by atoms with Gasteiger partial charge in [-0.05, 0) is 6.07 Å². The van der Waals surface area contributed by atoms with Gasteiger partial charge in [-0.2, -0.15) is 4.72 Å². The number of halogens is 1. The molecule has 0 radical (unpaired) electrons. The third-order valence-electron chi connectivity index (χ3n) is 4.47. The van der Waals surface area contributed by atoms with Gasteiger partial charge < -0.3 is 14.6 Å². The summed E-state index contributed by atoms with van der Waals surface area (Å²) in [5.41, 5.74) is -1.63. The molecule has 2 rings (SSSR count). The van der Waals surface area contributed by atoms with Crippen LogP contribution in [0.15, 0.2) is 40.6 Å². The SMILES string of the molecule is CC(=O)O/C(CBr)=C(/C(=O)[O-])N1C(=O)C(NS(=O)(=O)c2ccccc2[N+](=O)[O-])C1SC(=O)C(C)C.[Na+]. The molecule has 1 amide bonds. The van der Waals surface area contributed by atoms with Crippen molar-refractivity contribution in [3.8, 4) is 0 Å². The molecule has 1 heterocycles. The quantitative estimate of drug-likeness (QED) is 0.0419. The molecule has 1 aromatic rings. The summed E-state index contributed by atoms with van der Waals surface area (Å²) < 4.78 is 32.7. The summed E-state index contributed by atoms with van der Waals surface area (Å²) in [5.74, 6) is -5.01. The third-order valence-corrected chi connectivity index (χ3v) is 7.90. The number of allylic oxidation sites excluding steroid dienone is 1. The van der Waals surface area contributed by atoms with E-state index >= 15 is 0 Å². The van der Waals surface area contributed by atoms with Crippen LogP contribution in [0.4, 0.5) is 5.69 Å². The summed E-state index contributed by atoms with van der Waals surface area (Å²) in [6.45, 7) is 4.06. The van der Waals surface area contributed by atoms with Gasteiger partial charge in [0, 0.05) is 18.9 Å². The van der Waals surface area contributed by atoms with Crippen molar-refractivity contribution in [1.82, 2.24) is 9.62 Å². The molecule has 13 nitrogen and oxygen atoms in total. The van der Waals surface area contributed by atoms with Crippen LogP contribution in [0.25, 0.3) is 0 Å². The first-order chi connectivity index (χ1) is 16.2. The summed E-state index contributed by atoms with van der Waals surface area (Å²) in [6, 6.07) is 2.73. The Labute approximate surface area is 240 Å². The maximum Gasteiger partial charge on any atom is 1.00 e. The van der Waals surface area contributed by atoms with Gasteiger partial charge in [-0.3, -0.25) is 29.4 Å². The van der Waals surface area contributed by atoms with Gasteiger partial charge in [0.05, 0.1) is 16.2 Å². The van der Waals surface area contributed by atoms with Crippen molar-refractivity contribution < 1.29 is 71.9 Å². The number of carboxylic acid groups (broad SMARTS) is 1. The molecule has 0 aromatic heterocycles. The van der Waals surface area contributed by atoms with E-state index in [1.54, 1.807) is 0 Å². The molecule has 17 heteroatoms. The average Bonchev–Trinajstić information content (AvgIpc) is 2.78. The predicted octanol–water partition coefficient (Wildman–Crippen LogP) is -2.75. The molecule has 2 atom stereocenters. The summed E-state index contributed by atoms with van der Waals surface area (Å²) in [7, 11) is -4.67. The average molecular weight is 616 g/mol. The van der Waals surface area contributed by atoms with Crippen LogP contribution in [0.3, 0.4) is 0 Å². The summed E-state index contributed by atoms with van der Waals surface area (Å²) in [4.78, 5) is 58.8. The van der Waals surface area contributed by atoms with Crippen molar-refractivity contribution >= 4 is 66.4 Å². The number of nitrogens with one attached hydrogen (secondary N) is 1. The zero-order valence-electron chi connectivity index (χ0n) is 19.4. The fourth-order valence-corrected chi connectivity index (χ4v) is 5.89. The van der Waals surface area contributed by atoms with Crippen molar-refractivity contribution in [3.63, 3.8) is 0 Å². The number of thioether (sulfide) groups is 1. The standard InChI is InChI=1S/C19H20BrN3O10S2.Na/c1-9(2)19(28)34-17-14(21-35(31,32)13-7-5-4-6-11(13)23(29)30)16(25)22(17)15(18(26)27)12(8-20)33-10(3)24;/h4-7,9,14,17,21H,8H2,1-3H3,(H,26,27);/q;+1/p-1/b15-12-;. The number of carbonyl (C=O) groups excluding carboxylic acids is 4. The maximum absolute atomic E-state index is 13.0. The van der Waals surface area contributed by atoms with E-state index < -0.39 is 77.3 Å². The summed E-state index contributed by atoms with van der Waals surface area (Å²) in [5, 5.41) is 20.9. The second kappa shape index (κ2) is 13.1. The van der Waals surface area contributed by atoms with E-state index in [0.29, 0.717) is 16.7 Å². The number of likely N-dealkylation sites (tertiary alicyclic amines) is 1. The van der Waals surface area contributed by atoms with Crippen LogP contribution in [-0.4, -0.2) is 57.9 Å². The number of rotatable bonds is 10. The number of sulfonamides is 1. The van der Waals surface area contributed by atoms with Crippen LogP contribution in [0.5, 0.6) is 0 Å². The van der Waals surface area contributed by atoms with Crippen LogP contribution in [0.2, 0.25) is 0 Å². The fourth-order valence-electron chi connectivity index (χ4n) is 2.91. The van der Waals surface area contributed by atoms with E-state index in [0.717, 1.165) is 19.1 Å². The van der Waals surface area contributed by atoms with Gasteiger partial charge in [-0.15, -0.1) is 0 Å². The van der Waals surface area contributed by atoms with Crippen LogP contribution in [0.1, 0.15) is 20.8 Å². The zero-order chi connectivity index (χ0) is 26.7. The molecule has 0 aliphatic carbocycles. The van der Waals surface area contributed by atoms with Crippen LogP contribution >= 0.6 is 27.7 Å². The van der Waals surface area contributed by atoms with Crippen molar-refractivity contribution in [1.29, 1.82) is 0 Å². The van der Waals surface area contributed by atoms with Gasteiger partial charge >= 0.3 is 35.5 Å². The van der Waals surface area contributed by atoms with Crippen molar-refractivity contribution in [2.24, 2.45) is 5.92 Å². The summed E-state index contributed by atoms with van der Waals surface area (Å²) >= 11 is 3.43. The van der Waals surface area contributed by atoms with Gasteiger partial charge in [-0.25, -0.2) is 8.42 Å². The van der Waals surface area contributed by atoms with Crippen molar-refractivity contribution in [2.45, 2.75) is 37.1 Å². The van der Waals surface area contributed by atoms with E-state index in [9.17, 15) is 42.8 Å². The Hall–Kier alpha value is -1.82. The summed E-state index contributed by atoms with van der Waals surface area (Å²) in [6.07, 6.45) is 0. The number of nitrogens with zero attached hydrogens (tertiary/aromatic N) is 2. The molecule has 1 N–H and O–H groups in total. The van der Waals surface area contributed by atoms with Crippen molar-refractivity contribution in [3.05, 3.63) is 45.8 Å². The first-order valence-corrected chi connectivity index (χ1v) is 13.2. The topological polar surface area (TPSA) is 193 Å². The molecule has 2 unspecified atom stereocenters. The molecule has 0 spiro atoms. The number of ether oxygens (including phenoxy) is 1. The first kappa shape index (κ1) is 32.2. The molecule has 190 valence electrons. The molecule has 0 saturated carbocycles. The molecule has 1 saturated heterocycles. The van der Waals surface area contributed by atoms with E-state index in [-0.39, 0.29) is 34.9 Å². The van der Waals surface area contributed by atoms with Crippen molar-refractivity contribution in [2.75, 3.05) is 5.33 Å².